The van der Waals surface area contributed by atoms with Crippen molar-refractivity contribution >= 4 is 23.0 Å². The summed E-state index contributed by atoms with van der Waals surface area (Å²) in [6, 6.07) is 16.2. The third-order valence-corrected chi connectivity index (χ3v) is 5.08. The lowest BCUT2D eigenvalue weighted by atomic mass is 10.1. The van der Waals surface area contributed by atoms with Crippen LogP contribution >= 0.6 is 11.3 Å². The lowest BCUT2D eigenvalue weighted by molar-refractivity contribution is 0.862. The second-order valence-electron chi connectivity index (χ2n) is 5.89. The zero-order valence-electron chi connectivity index (χ0n) is 14.0. The van der Waals surface area contributed by atoms with Gasteiger partial charge in [0.1, 0.15) is 5.84 Å². The van der Waals surface area contributed by atoms with Crippen molar-refractivity contribution in [3.05, 3.63) is 75.4 Å². The molecule has 5 nitrogen and oxygen atoms in total. The second kappa shape index (κ2) is 6.14. The van der Waals surface area contributed by atoms with Crippen LogP contribution in [0.25, 0.3) is 11.3 Å². The molecule has 6 heteroatoms. The van der Waals surface area contributed by atoms with Crippen LogP contribution in [0.15, 0.2) is 69.1 Å². The fraction of sp³-hybridized carbons (Fsp3) is 0.105. The highest BCUT2D eigenvalue weighted by atomic mass is 32.1. The Morgan fingerprint density at radius 3 is 2.48 bits per heavy atom. The van der Waals surface area contributed by atoms with Gasteiger partial charge in [-0.15, -0.1) is 21.5 Å². The Bertz CT molecular complexity index is 1070. The summed E-state index contributed by atoms with van der Waals surface area (Å²) >= 11 is 1.55. The van der Waals surface area contributed by atoms with Gasteiger partial charge in [-0.25, -0.2) is 4.99 Å². The maximum absolute atomic E-state index is 5.95. The van der Waals surface area contributed by atoms with Gasteiger partial charge in [-0.1, -0.05) is 54.1 Å². The molecule has 2 N–H and O–H groups in total. The molecule has 25 heavy (non-hydrogen) atoms. The second-order valence-corrected chi connectivity index (χ2v) is 6.73. The number of aliphatic imine (C=N–C) groups is 1. The van der Waals surface area contributed by atoms with Gasteiger partial charge in [-0.2, -0.15) is 0 Å². The van der Waals surface area contributed by atoms with E-state index in [2.05, 4.69) is 51.8 Å². The predicted octanol–water partition coefficient (Wildman–Crippen LogP) is 3.04. The number of nitrogens with zero attached hydrogens (tertiary/aromatic N) is 4. The van der Waals surface area contributed by atoms with Crippen LogP contribution in [0.2, 0.25) is 0 Å². The highest BCUT2D eigenvalue weighted by molar-refractivity contribution is 7.07. The van der Waals surface area contributed by atoms with E-state index in [0.717, 1.165) is 27.2 Å². The normalized spacial score (nSPS) is 15.5. The first-order valence-corrected chi connectivity index (χ1v) is 8.78. The number of nitrogens with two attached hydrogens (primary N) is 1. The molecule has 0 unspecified atom stereocenters. The van der Waals surface area contributed by atoms with E-state index < -0.39 is 0 Å². The molecule has 0 fully saturated rings. The fourth-order valence-electron chi connectivity index (χ4n) is 2.75. The number of fused-ring (bicyclic) bond motifs is 1. The van der Waals surface area contributed by atoms with Crippen LogP contribution in [0.4, 0.5) is 0 Å². The van der Waals surface area contributed by atoms with Crippen molar-refractivity contribution in [3.63, 3.8) is 0 Å². The molecular weight excluding hydrogens is 330 g/mol. The van der Waals surface area contributed by atoms with Crippen LogP contribution < -0.4 is 10.5 Å². The van der Waals surface area contributed by atoms with Crippen LogP contribution in [0.1, 0.15) is 16.7 Å². The standard InChI is InChI=1S/C19H17N5S/c1-12-7-9-13(10-8-12)16-11-25-19(24(16)2)23-22-18-15-6-4-3-5-14(15)17(20)21-18/h3-11H,1-2H3,(H2,20,21,22)/b23-19-. The predicted molar refractivity (Wildman–Crippen MR) is 103 cm³/mol. The van der Waals surface area contributed by atoms with E-state index in [0.29, 0.717) is 11.7 Å². The van der Waals surface area contributed by atoms with Gasteiger partial charge in [0, 0.05) is 23.6 Å². The highest BCUT2D eigenvalue weighted by Crippen LogP contribution is 2.20. The molecule has 1 aromatic heterocycles. The summed E-state index contributed by atoms with van der Waals surface area (Å²) in [4.78, 5) is 5.13. The van der Waals surface area contributed by atoms with Crippen LogP contribution in [-0.2, 0) is 7.05 Å². The Balaban J connectivity index is 1.73. The molecular formula is C19H17N5S. The molecule has 0 amide bonds. The summed E-state index contributed by atoms with van der Waals surface area (Å²) in [7, 11) is 1.99. The topological polar surface area (TPSA) is 68.0 Å². The zero-order valence-corrected chi connectivity index (χ0v) is 14.8. The van der Waals surface area contributed by atoms with Crippen LogP contribution in [0.5, 0.6) is 0 Å². The van der Waals surface area contributed by atoms with Crippen molar-refractivity contribution in [3.8, 4) is 11.3 Å². The molecule has 0 radical (unpaired) electrons. The summed E-state index contributed by atoms with van der Waals surface area (Å²) in [6.45, 7) is 2.08. The molecule has 0 bridgehead atoms. The van der Waals surface area contributed by atoms with Gasteiger partial charge >= 0.3 is 0 Å². The van der Waals surface area contributed by atoms with Gasteiger partial charge in [0.25, 0.3) is 0 Å². The van der Waals surface area contributed by atoms with Gasteiger partial charge < -0.3 is 10.3 Å². The van der Waals surface area contributed by atoms with E-state index in [1.54, 1.807) is 11.3 Å². The maximum atomic E-state index is 5.95. The third-order valence-electron chi connectivity index (χ3n) is 4.17. The molecule has 2 aromatic carbocycles. The Hall–Kier alpha value is -2.99. The minimum Gasteiger partial charge on any atom is -0.383 e. The number of hydrogen-bond donors (Lipinski definition) is 1. The van der Waals surface area contributed by atoms with E-state index in [4.69, 9.17) is 5.73 Å². The van der Waals surface area contributed by atoms with Crippen molar-refractivity contribution in [2.75, 3.05) is 0 Å². The van der Waals surface area contributed by atoms with Gasteiger partial charge in [0.15, 0.2) is 5.84 Å². The van der Waals surface area contributed by atoms with Gasteiger partial charge in [0.05, 0.1) is 5.69 Å². The van der Waals surface area contributed by atoms with Gasteiger partial charge in [0.2, 0.25) is 4.80 Å². The number of rotatable bonds is 2. The molecule has 0 spiro atoms. The number of hydrogen-bond acceptors (Lipinski definition) is 4. The van der Waals surface area contributed by atoms with Crippen molar-refractivity contribution in [2.24, 2.45) is 28.0 Å². The molecule has 0 atom stereocenters. The minimum atomic E-state index is 0.487. The number of thiazole rings is 1. The first-order chi connectivity index (χ1) is 12.1. The zero-order chi connectivity index (χ0) is 17.4. The monoisotopic (exact) mass is 347 g/mol. The maximum Gasteiger partial charge on any atom is 0.210 e. The summed E-state index contributed by atoms with van der Waals surface area (Å²) in [5.74, 6) is 1.04. The molecule has 124 valence electrons. The summed E-state index contributed by atoms with van der Waals surface area (Å²) in [5.41, 5.74) is 11.3. The number of aromatic nitrogens is 1. The first-order valence-electron chi connectivity index (χ1n) is 7.90. The molecule has 0 saturated heterocycles. The SMILES string of the molecule is Cc1ccc(-c2cs/c(=N\N=C3/N=C(N)c4ccccc43)n2C)cc1. The van der Waals surface area contributed by atoms with Gasteiger partial charge in [-0.05, 0) is 12.5 Å². The largest absolute Gasteiger partial charge is 0.383 e. The van der Waals surface area contributed by atoms with Crippen LogP contribution in [0.3, 0.4) is 0 Å². The Morgan fingerprint density at radius 1 is 1.00 bits per heavy atom. The molecule has 2 heterocycles. The van der Waals surface area contributed by atoms with Gasteiger partial charge in [-0.3, -0.25) is 0 Å². The molecule has 3 aromatic rings. The molecule has 1 aliphatic heterocycles. The summed E-state index contributed by atoms with van der Waals surface area (Å²) in [6.07, 6.45) is 0. The average Bonchev–Trinajstić information content (AvgIpc) is 3.15. The number of benzene rings is 2. The molecule has 0 aliphatic carbocycles. The van der Waals surface area contributed by atoms with Crippen molar-refractivity contribution in [2.45, 2.75) is 6.92 Å². The van der Waals surface area contributed by atoms with Crippen molar-refractivity contribution in [1.82, 2.24) is 4.57 Å². The summed E-state index contributed by atoms with van der Waals surface area (Å²) in [5, 5.41) is 10.8. The van der Waals surface area contributed by atoms with Crippen molar-refractivity contribution < 1.29 is 0 Å². The quantitative estimate of drug-likeness (QED) is 0.711. The Labute approximate surface area is 149 Å². The van der Waals surface area contributed by atoms with Crippen molar-refractivity contribution in [1.29, 1.82) is 0 Å². The summed E-state index contributed by atoms with van der Waals surface area (Å²) < 4.78 is 2.04. The third kappa shape index (κ3) is 2.81. The first kappa shape index (κ1) is 15.5. The number of aryl methyl sites for hydroxylation is 1. The van der Waals surface area contributed by atoms with E-state index >= 15 is 0 Å². The highest BCUT2D eigenvalue weighted by Gasteiger charge is 2.18. The lowest BCUT2D eigenvalue weighted by Crippen LogP contribution is -2.11. The lowest BCUT2D eigenvalue weighted by Gasteiger charge is -2.02. The Kier molecular flexibility index (Phi) is 3.82. The average molecular weight is 347 g/mol. The smallest absolute Gasteiger partial charge is 0.210 e. The minimum absolute atomic E-state index is 0.487. The number of amidine groups is 2. The molecule has 4 rings (SSSR count). The van der Waals surface area contributed by atoms with E-state index in [9.17, 15) is 0 Å². The van der Waals surface area contributed by atoms with E-state index in [-0.39, 0.29) is 0 Å². The molecule has 0 saturated carbocycles. The Morgan fingerprint density at radius 2 is 1.72 bits per heavy atom. The fourth-order valence-corrected chi connectivity index (χ4v) is 3.60. The van der Waals surface area contributed by atoms with E-state index in [1.807, 2.05) is 35.9 Å². The van der Waals surface area contributed by atoms with Crippen LogP contribution in [-0.4, -0.2) is 16.2 Å². The molecule has 1 aliphatic rings. The van der Waals surface area contributed by atoms with E-state index in [1.165, 1.54) is 5.56 Å². The van der Waals surface area contributed by atoms with Crippen LogP contribution in [0, 0.1) is 6.92 Å².